The van der Waals surface area contributed by atoms with E-state index in [1.54, 1.807) is 0 Å². The third-order valence-corrected chi connectivity index (χ3v) is 3.81. The van der Waals surface area contributed by atoms with E-state index in [2.05, 4.69) is 29.6 Å². The van der Waals surface area contributed by atoms with Gasteiger partial charge in [-0.15, -0.1) is 0 Å². The van der Waals surface area contributed by atoms with E-state index in [4.69, 9.17) is 0 Å². The Balaban J connectivity index is 2.03. The predicted octanol–water partition coefficient (Wildman–Crippen LogP) is 2.22. The summed E-state index contributed by atoms with van der Waals surface area (Å²) in [4.78, 5) is 14.0. The molecule has 1 saturated carbocycles. The molecule has 1 N–H and O–H groups in total. The first kappa shape index (κ1) is 14.1. The number of rotatable bonds is 5. The summed E-state index contributed by atoms with van der Waals surface area (Å²) in [5.74, 6) is 0.142. The van der Waals surface area contributed by atoms with E-state index in [0.717, 1.165) is 19.3 Å². The lowest BCUT2D eigenvalue weighted by atomic mass is 9.89. The Morgan fingerprint density at radius 1 is 1.21 bits per heavy atom. The van der Waals surface area contributed by atoms with E-state index in [-0.39, 0.29) is 11.4 Å². The Labute approximate surface area is 116 Å². The highest BCUT2D eigenvalue weighted by Gasteiger charge is 2.35. The summed E-state index contributed by atoms with van der Waals surface area (Å²) in [6.45, 7) is 0.469. The lowest BCUT2D eigenvalue weighted by Gasteiger charge is -2.31. The van der Waals surface area contributed by atoms with Crippen molar-refractivity contribution in [2.24, 2.45) is 0 Å². The monoisotopic (exact) mass is 260 g/mol. The Hall–Kier alpha value is -1.35. The van der Waals surface area contributed by atoms with Gasteiger partial charge in [-0.1, -0.05) is 43.2 Å². The zero-order valence-corrected chi connectivity index (χ0v) is 12.0. The molecule has 2 rings (SSSR count). The van der Waals surface area contributed by atoms with E-state index >= 15 is 0 Å². The third-order valence-electron chi connectivity index (χ3n) is 3.81. The summed E-state index contributed by atoms with van der Waals surface area (Å²) in [7, 11) is 3.86. The van der Waals surface area contributed by atoms with Crippen molar-refractivity contribution in [3.63, 3.8) is 0 Å². The van der Waals surface area contributed by atoms with E-state index in [9.17, 15) is 4.79 Å². The maximum absolute atomic E-state index is 12.1. The first-order chi connectivity index (χ1) is 9.10. The summed E-state index contributed by atoms with van der Waals surface area (Å²) in [6.07, 6.45) is 5.58. The molecule has 0 heterocycles. The molecule has 0 aromatic heterocycles. The van der Waals surface area contributed by atoms with Gasteiger partial charge in [0, 0.05) is 5.54 Å². The smallest absolute Gasteiger partial charge is 0.234 e. The average Bonchev–Trinajstić information content (AvgIpc) is 2.77. The number of hydrogen-bond acceptors (Lipinski definition) is 2. The first-order valence-corrected chi connectivity index (χ1v) is 7.09. The molecule has 0 saturated heterocycles. The van der Waals surface area contributed by atoms with Gasteiger partial charge < -0.3 is 10.2 Å². The van der Waals surface area contributed by atoms with Crippen LogP contribution in [0.15, 0.2) is 30.3 Å². The predicted molar refractivity (Wildman–Crippen MR) is 78.0 cm³/mol. The van der Waals surface area contributed by atoms with Crippen molar-refractivity contribution in [2.75, 3.05) is 20.6 Å². The molecule has 0 aliphatic heterocycles. The molecule has 3 heteroatoms. The van der Waals surface area contributed by atoms with Crippen molar-refractivity contribution in [1.82, 2.24) is 10.2 Å². The lowest BCUT2D eigenvalue weighted by molar-refractivity contribution is -0.123. The van der Waals surface area contributed by atoms with Crippen LogP contribution in [0, 0.1) is 0 Å². The largest absolute Gasteiger partial charge is 0.349 e. The number of benzene rings is 1. The van der Waals surface area contributed by atoms with E-state index < -0.39 is 0 Å². The fraction of sp³-hybridized carbons (Fsp3) is 0.562. The summed E-state index contributed by atoms with van der Waals surface area (Å²) in [6, 6.07) is 10.5. The van der Waals surface area contributed by atoms with Gasteiger partial charge in [-0.2, -0.15) is 0 Å². The molecule has 0 radical (unpaired) electrons. The van der Waals surface area contributed by atoms with Crippen molar-refractivity contribution in [3.8, 4) is 0 Å². The second-order valence-corrected chi connectivity index (χ2v) is 5.94. The van der Waals surface area contributed by atoms with Crippen molar-refractivity contribution in [1.29, 1.82) is 0 Å². The number of nitrogens with one attached hydrogen (secondary N) is 1. The zero-order chi connectivity index (χ0) is 13.7. The molecule has 1 amide bonds. The molecule has 104 valence electrons. The van der Waals surface area contributed by atoms with Gasteiger partial charge in [-0.05, 0) is 38.9 Å². The van der Waals surface area contributed by atoms with Crippen LogP contribution < -0.4 is 5.32 Å². The van der Waals surface area contributed by atoms with Crippen molar-refractivity contribution < 1.29 is 4.79 Å². The quantitative estimate of drug-likeness (QED) is 0.880. The minimum absolute atomic E-state index is 0.0194. The highest BCUT2D eigenvalue weighted by molar-refractivity contribution is 5.78. The van der Waals surface area contributed by atoms with Crippen LogP contribution in [0.3, 0.4) is 0 Å². The van der Waals surface area contributed by atoms with Crippen molar-refractivity contribution in [2.45, 2.75) is 37.6 Å². The van der Waals surface area contributed by atoms with E-state index in [0.29, 0.717) is 6.54 Å². The Kier molecular flexibility index (Phi) is 4.59. The second kappa shape index (κ2) is 6.20. The number of amides is 1. The number of nitrogens with zero attached hydrogens (tertiary/aromatic N) is 1. The standard InChI is InChI=1S/C16H24N2O/c1-18(2)13-15(19)17-16(10-6-7-11-16)12-14-8-4-3-5-9-14/h3-5,8-9H,6-7,10-13H2,1-2H3,(H,17,19). The average molecular weight is 260 g/mol. The summed E-state index contributed by atoms with van der Waals surface area (Å²) >= 11 is 0. The zero-order valence-electron chi connectivity index (χ0n) is 12.0. The molecule has 1 aliphatic carbocycles. The Morgan fingerprint density at radius 2 is 1.84 bits per heavy atom. The van der Waals surface area contributed by atoms with Gasteiger partial charge >= 0.3 is 0 Å². The number of hydrogen-bond donors (Lipinski definition) is 1. The van der Waals surface area contributed by atoms with Crippen LogP contribution in [0.5, 0.6) is 0 Å². The maximum atomic E-state index is 12.1. The Bertz CT molecular complexity index is 408. The fourth-order valence-corrected chi connectivity index (χ4v) is 3.01. The molecule has 19 heavy (non-hydrogen) atoms. The molecule has 1 aromatic rings. The van der Waals surface area contributed by atoms with Gasteiger partial charge in [0.05, 0.1) is 6.54 Å². The summed E-state index contributed by atoms with van der Waals surface area (Å²) < 4.78 is 0. The van der Waals surface area contributed by atoms with Gasteiger partial charge in [-0.3, -0.25) is 4.79 Å². The number of carbonyl (C=O) groups excluding carboxylic acids is 1. The molecular weight excluding hydrogens is 236 g/mol. The van der Waals surface area contributed by atoms with Gasteiger partial charge in [0.2, 0.25) is 5.91 Å². The van der Waals surface area contributed by atoms with Crippen LogP contribution >= 0.6 is 0 Å². The highest BCUT2D eigenvalue weighted by Crippen LogP contribution is 2.32. The molecule has 3 nitrogen and oxygen atoms in total. The number of likely N-dealkylation sites (N-methyl/N-ethyl adjacent to an activating group) is 1. The minimum atomic E-state index is -0.0194. The molecule has 0 atom stereocenters. The minimum Gasteiger partial charge on any atom is -0.349 e. The van der Waals surface area contributed by atoms with Crippen molar-refractivity contribution in [3.05, 3.63) is 35.9 Å². The van der Waals surface area contributed by atoms with Crippen molar-refractivity contribution >= 4 is 5.91 Å². The third kappa shape index (κ3) is 4.06. The summed E-state index contributed by atoms with van der Waals surface area (Å²) in [5.41, 5.74) is 1.30. The van der Waals surface area contributed by atoms with Crippen LogP contribution in [0.1, 0.15) is 31.2 Å². The van der Waals surface area contributed by atoms with E-state index in [1.807, 2.05) is 25.1 Å². The van der Waals surface area contributed by atoms with Crippen LogP contribution in [0.25, 0.3) is 0 Å². The molecule has 0 unspecified atom stereocenters. The lowest BCUT2D eigenvalue weighted by Crippen LogP contribution is -2.50. The normalized spacial score (nSPS) is 17.6. The molecular formula is C16H24N2O. The molecule has 0 bridgehead atoms. The SMILES string of the molecule is CN(C)CC(=O)NC1(Cc2ccccc2)CCCC1. The van der Waals surface area contributed by atoms with Gasteiger partial charge in [0.25, 0.3) is 0 Å². The van der Waals surface area contributed by atoms with Gasteiger partial charge in [0.15, 0.2) is 0 Å². The second-order valence-electron chi connectivity index (χ2n) is 5.94. The Morgan fingerprint density at radius 3 is 2.42 bits per heavy atom. The van der Waals surface area contributed by atoms with Gasteiger partial charge in [0.1, 0.15) is 0 Å². The van der Waals surface area contributed by atoms with Crippen LogP contribution in [-0.4, -0.2) is 37.0 Å². The topological polar surface area (TPSA) is 32.3 Å². The number of carbonyl (C=O) groups is 1. The first-order valence-electron chi connectivity index (χ1n) is 7.09. The molecule has 1 aliphatic rings. The molecule has 1 aromatic carbocycles. The summed E-state index contributed by atoms with van der Waals surface area (Å²) in [5, 5.41) is 3.29. The van der Waals surface area contributed by atoms with Crippen LogP contribution in [-0.2, 0) is 11.2 Å². The van der Waals surface area contributed by atoms with Crippen LogP contribution in [0.2, 0.25) is 0 Å². The highest BCUT2D eigenvalue weighted by atomic mass is 16.2. The van der Waals surface area contributed by atoms with Gasteiger partial charge in [-0.25, -0.2) is 0 Å². The van der Waals surface area contributed by atoms with E-state index in [1.165, 1.54) is 18.4 Å². The fourth-order valence-electron chi connectivity index (χ4n) is 3.01. The maximum Gasteiger partial charge on any atom is 0.234 e. The molecule has 1 fully saturated rings. The molecule has 0 spiro atoms. The van der Waals surface area contributed by atoms with Crippen LogP contribution in [0.4, 0.5) is 0 Å².